The van der Waals surface area contributed by atoms with E-state index in [1.807, 2.05) is 61.5 Å². The van der Waals surface area contributed by atoms with Crippen LogP contribution in [0.4, 0.5) is 0 Å². The van der Waals surface area contributed by atoms with E-state index in [0.29, 0.717) is 12.2 Å². The Morgan fingerprint density at radius 1 is 1.03 bits per heavy atom. The van der Waals surface area contributed by atoms with E-state index in [4.69, 9.17) is 9.47 Å². The van der Waals surface area contributed by atoms with Crippen LogP contribution >= 0.6 is 11.8 Å². The van der Waals surface area contributed by atoms with Gasteiger partial charge in [0, 0.05) is 24.8 Å². The smallest absolute Gasteiger partial charge is 0.307 e. The summed E-state index contributed by atoms with van der Waals surface area (Å²) in [6, 6.07) is 16.7. The molecule has 31 heavy (non-hydrogen) atoms. The first kappa shape index (κ1) is 24.2. The molecular weight excluding hydrogens is 414 g/mol. The lowest BCUT2D eigenvalue weighted by Gasteiger charge is -2.09. The SMILES string of the molecule is CCOc1ccc(/C=C(/CSC(C)=O)C(=O)NCCC(=O)OCc2ccccc2)cc1. The Labute approximate surface area is 187 Å². The van der Waals surface area contributed by atoms with E-state index in [1.54, 1.807) is 6.08 Å². The third kappa shape index (κ3) is 9.53. The molecule has 0 heterocycles. The van der Waals surface area contributed by atoms with Crippen molar-refractivity contribution in [1.82, 2.24) is 5.32 Å². The number of carbonyl (C=O) groups excluding carboxylic acids is 3. The minimum Gasteiger partial charge on any atom is -0.494 e. The summed E-state index contributed by atoms with van der Waals surface area (Å²) in [4.78, 5) is 35.9. The van der Waals surface area contributed by atoms with E-state index >= 15 is 0 Å². The number of ether oxygens (including phenoxy) is 2. The zero-order chi connectivity index (χ0) is 22.5. The van der Waals surface area contributed by atoms with Crippen molar-refractivity contribution in [1.29, 1.82) is 0 Å². The average molecular weight is 442 g/mol. The van der Waals surface area contributed by atoms with E-state index in [9.17, 15) is 14.4 Å². The van der Waals surface area contributed by atoms with E-state index in [1.165, 1.54) is 6.92 Å². The number of esters is 1. The Hall–Kier alpha value is -3.06. The summed E-state index contributed by atoms with van der Waals surface area (Å²) in [6.07, 6.45) is 1.80. The highest BCUT2D eigenvalue weighted by Crippen LogP contribution is 2.17. The molecule has 0 aliphatic carbocycles. The molecule has 7 heteroatoms. The molecule has 0 aromatic heterocycles. The Morgan fingerprint density at radius 3 is 2.39 bits per heavy atom. The van der Waals surface area contributed by atoms with Crippen LogP contribution in [-0.2, 0) is 25.7 Å². The van der Waals surface area contributed by atoms with Crippen molar-refractivity contribution < 1.29 is 23.9 Å². The number of rotatable bonds is 11. The summed E-state index contributed by atoms with van der Waals surface area (Å²) in [5, 5.41) is 2.66. The highest BCUT2D eigenvalue weighted by molar-refractivity contribution is 8.13. The maximum atomic E-state index is 12.6. The Bertz CT molecular complexity index is 894. The molecule has 164 valence electrons. The molecule has 0 aliphatic heterocycles. The third-order valence-electron chi connectivity index (χ3n) is 4.11. The second-order valence-electron chi connectivity index (χ2n) is 6.60. The molecule has 1 N–H and O–H groups in total. The fourth-order valence-electron chi connectivity index (χ4n) is 2.58. The van der Waals surface area contributed by atoms with Crippen LogP contribution in [0.1, 0.15) is 31.4 Å². The minimum atomic E-state index is -0.390. The molecule has 0 atom stereocenters. The molecule has 2 aromatic rings. The van der Waals surface area contributed by atoms with Crippen LogP contribution in [0, 0.1) is 0 Å². The van der Waals surface area contributed by atoms with Crippen molar-refractivity contribution in [3.8, 4) is 5.75 Å². The Kier molecular flexibility index (Phi) is 10.4. The molecule has 0 fully saturated rings. The van der Waals surface area contributed by atoms with E-state index in [0.717, 1.165) is 28.6 Å². The topological polar surface area (TPSA) is 81.7 Å². The van der Waals surface area contributed by atoms with Gasteiger partial charge in [0.15, 0.2) is 5.12 Å². The van der Waals surface area contributed by atoms with Gasteiger partial charge in [-0.25, -0.2) is 0 Å². The van der Waals surface area contributed by atoms with Crippen LogP contribution in [0.2, 0.25) is 0 Å². The summed E-state index contributed by atoms with van der Waals surface area (Å²) in [5.41, 5.74) is 2.17. The monoisotopic (exact) mass is 441 g/mol. The quantitative estimate of drug-likeness (QED) is 0.419. The summed E-state index contributed by atoms with van der Waals surface area (Å²) < 4.78 is 10.6. The van der Waals surface area contributed by atoms with Gasteiger partial charge in [-0.05, 0) is 36.3 Å². The molecule has 1 amide bonds. The van der Waals surface area contributed by atoms with Gasteiger partial charge in [-0.1, -0.05) is 54.2 Å². The van der Waals surface area contributed by atoms with Crippen molar-refractivity contribution in [2.45, 2.75) is 26.9 Å². The standard InChI is InChI=1S/C24H27NO5S/c1-3-29-22-11-9-19(10-12-22)15-21(17-31-18(2)26)24(28)25-14-13-23(27)30-16-20-7-5-4-6-8-20/h4-12,15H,3,13-14,16-17H2,1-2H3,(H,25,28)/b21-15-. The van der Waals surface area contributed by atoms with Crippen LogP contribution in [0.15, 0.2) is 60.2 Å². The molecule has 0 saturated heterocycles. The first-order valence-electron chi connectivity index (χ1n) is 10.0. The number of hydrogen-bond acceptors (Lipinski definition) is 6. The van der Waals surface area contributed by atoms with Crippen molar-refractivity contribution >= 4 is 34.8 Å². The van der Waals surface area contributed by atoms with Crippen LogP contribution in [0.5, 0.6) is 5.75 Å². The summed E-state index contributed by atoms with van der Waals surface area (Å²) >= 11 is 1.06. The average Bonchev–Trinajstić information content (AvgIpc) is 2.77. The van der Waals surface area contributed by atoms with Crippen LogP contribution in [-0.4, -0.2) is 35.9 Å². The summed E-state index contributed by atoms with van der Waals surface area (Å²) in [5.74, 6) is 0.280. The minimum absolute atomic E-state index is 0.0642. The fraction of sp³-hybridized carbons (Fsp3) is 0.292. The maximum absolute atomic E-state index is 12.6. The number of benzene rings is 2. The van der Waals surface area contributed by atoms with E-state index in [2.05, 4.69) is 5.32 Å². The van der Waals surface area contributed by atoms with Crippen LogP contribution in [0.25, 0.3) is 6.08 Å². The highest BCUT2D eigenvalue weighted by atomic mass is 32.2. The van der Waals surface area contributed by atoms with Crippen molar-refractivity contribution in [2.24, 2.45) is 0 Å². The van der Waals surface area contributed by atoms with Crippen LogP contribution < -0.4 is 10.1 Å². The van der Waals surface area contributed by atoms with Gasteiger partial charge in [0.05, 0.1) is 13.0 Å². The van der Waals surface area contributed by atoms with E-state index in [-0.39, 0.29) is 42.3 Å². The first-order valence-corrected chi connectivity index (χ1v) is 11.0. The largest absolute Gasteiger partial charge is 0.494 e. The lowest BCUT2D eigenvalue weighted by molar-refractivity contribution is -0.144. The summed E-state index contributed by atoms with van der Waals surface area (Å²) in [6.45, 7) is 4.29. The van der Waals surface area contributed by atoms with Gasteiger partial charge in [0.2, 0.25) is 5.91 Å². The molecule has 2 aromatic carbocycles. The first-order chi connectivity index (χ1) is 15.0. The zero-order valence-corrected chi connectivity index (χ0v) is 18.6. The number of hydrogen-bond donors (Lipinski definition) is 1. The zero-order valence-electron chi connectivity index (χ0n) is 17.8. The van der Waals surface area contributed by atoms with Gasteiger partial charge in [-0.15, -0.1) is 0 Å². The molecule has 2 rings (SSSR count). The number of carbonyl (C=O) groups is 3. The maximum Gasteiger partial charge on any atom is 0.307 e. The molecule has 6 nitrogen and oxygen atoms in total. The molecule has 0 saturated carbocycles. The van der Waals surface area contributed by atoms with E-state index < -0.39 is 0 Å². The number of thioether (sulfide) groups is 1. The number of amides is 1. The van der Waals surface area contributed by atoms with Gasteiger partial charge in [0.25, 0.3) is 0 Å². The molecule has 0 bridgehead atoms. The predicted octanol–water partition coefficient (Wildman–Crippen LogP) is 4.00. The highest BCUT2D eigenvalue weighted by Gasteiger charge is 2.12. The van der Waals surface area contributed by atoms with Gasteiger partial charge in [-0.3, -0.25) is 14.4 Å². The third-order valence-corrected chi connectivity index (χ3v) is 4.97. The van der Waals surface area contributed by atoms with Crippen LogP contribution in [0.3, 0.4) is 0 Å². The normalized spacial score (nSPS) is 11.0. The second-order valence-corrected chi connectivity index (χ2v) is 7.76. The van der Waals surface area contributed by atoms with Crippen molar-refractivity contribution in [3.63, 3.8) is 0 Å². The van der Waals surface area contributed by atoms with Crippen molar-refractivity contribution in [3.05, 3.63) is 71.3 Å². The molecule has 0 aliphatic rings. The second kappa shape index (κ2) is 13.3. The molecule has 0 unspecified atom stereocenters. The Balaban J connectivity index is 1.89. The summed E-state index contributed by atoms with van der Waals surface area (Å²) in [7, 11) is 0. The molecule has 0 spiro atoms. The molecular formula is C24H27NO5S. The lowest BCUT2D eigenvalue weighted by Crippen LogP contribution is -2.28. The Morgan fingerprint density at radius 2 is 1.74 bits per heavy atom. The van der Waals surface area contributed by atoms with Crippen molar-refractivity contribution in [2.75, 3.05) is 18.9 Å². The lowest BCUT2D eigenvalue weighted by atomic mass is 10.1. The van der Waals surface area contributed by atoms with Gasteiger partial charge in [-0.2, -0.15) is 0 Å². The fourth-order valence-corrected chi connectivity index (χ4v) is 3.16. The molecule has 0 radical (unpaired) electrons. The number of nitrogens with one attached hydrogen (secondary N) is 1. The van der Waals surface area contributed by atoms with Gasteiger partial charge < -0.3 is 14.8 Å². The van der Waals surface area contributed by atoms with Gasteiger partial charge in [0.1, 0.15) is 12.4 Å². The predicted molar refractivity (Wildman–Crippen MR) is 123 cm³/mol. The van der Waals surface area contributed by atoms with Gasteiger partial charge >= 0.3 is 5.97 Å².